The van der Waals surface area contributed by atoms with Crippen molar-refractivity contribution in [3.63, 3.8) is 0 Å². The number of carbonyl (C=O) groups excluding carboxylic acids is 2. The van der Waals surface area contributed by atoms with E-state index in [-0.39, 0.29) is 18.5 Å². The first-order valence-corrected chi connectivity index (χ1v) is 12.2. The molecule has 4 rings (SSSR count). The summed E-state index contributed by atoms with van der Waals surface area (Å²) in [4.78, 5) is 32.0. The summed E-state index contributed by atoms with van der Waals surface area (Å²) < 4.78 is 10.6. The number of hydrogen-bond acceptors (Lipinski definition) is 6. The smallest absolute Gasteiger partial charge is 0.326 e. The van der Waals surface area contributed by atoms with Crippen molar-refractivity contribution in [2.75, 3.05) is 36.7 Å². The number of methoxy groups -OCH3 is 2. The number of ether oxygens (including phenoxy) is 2. The van der Waals surface area contributed by atoms with Gasteiger partial charge in [-0.05, 0) is 67.9 Å². The van der Waals surface area contributed by atoms with Crippen LogP contribution in [0.1, 0.15) is 27.2 Å². The van der Waals surface area contributed by atoms with Gasteiger partial charge in [0.15, 0.2) is 0 Å². The first-order chi connectivity index (χ1) is 16.9. The monoisotopic (exact) mass is 492 g/mol. The van der Waals surface area contributed by atoms with Crippen LogP contribution >= 0.6 is 11.8 Å². The van der Waals surface area contributed by atoms with E-state index < -0.39 is 0 Å². The quantitative estimate of drug-likeness (QED) is 0.514. The third-order valence-electron chi connectivity index (χ3n) is 5.67. The van der Waals surface area contributed by atoms with E-state index in [1.807, 2.05) is 26.0 Å². The third kappa shape index (κ3) is 5.51. The molecule has 0 saturated carbocycles. The number of amides is 3. The minimum atomic E-state index is -0.230. The minimum absolute atomic E-state index is 0.220. The first kappa shape index (κ1) is 24.4. The Labute approximate surface area is 209 Å². The fourth-order valence-corrected chi connectivity index (χ4v) is 5.05. The van der Waals surface area contributed by atoms with E-state index in [2.05, 4.69) is 15.6 Å². The number of nitrogens with zero attached hydrogens (tertiary/aromatic N) is 2. The molecule has 0 unspecified atom stereocenters. The van der Waals surface area contributed by atoms with E-state index in [1.54, 1.807) is 67.3 Å². The molecule has 3 aromatic rings. The van der Waals surface area contributed by atoms with Gasteiger partial charge in [-0.2, -0.15) is 0 Å². The average Bonchev–Trinajstić information content (AvgIpc) is 2.86. The molecule has 0 aliphatic carbocycles. The van der Waals surface area contributed by atoms with Gasteiger partial charge < -0.3 is 20.1 Å². The second kappa shape index (κ2) is 10.7. The van der Waals surface area contributed by atoms with Gasteiger partial charge in [-0.3, -0.25) is 9.69 Å². The molecule has 0 fully saturated rings. The summed E-state index contributed by atoms with van der Waals surface area (Å²) in [7, 11) is 3.17. The molecule has 0 bridgehead atoms. The van der Waals surface area contributed by atoms with E-state index in [0.717, 1.165) is 33.3 Å². The van der Waals surface area contributed by atoms with Crippen molar-refractivity contribution in [1.82, 2.24) is 10.3 Å². The fourth-order valence-electron chi connectivity index (χ4n) is 3.97. The van der Waals surface area contributed by atoms with Gasteiger partial charge in [-0.15, -0.1) is 11.8 Å². The van der Waals surface area contributed by atoms with Crippen LogP contribution in [0.4, 0.5) is 16.2 Å². The number of hydrogen-bond donors (Lipinski definition) is 2. The van der Waals surface area contributed by atoms with E-state index in [9.17, 15) is 9.59 Å². The van der Waals surface area contributed by atoms with Crippen molar-refractivity contribution >= 4 is 35.1 Å². The number of nitrogens with one attached hydrogen (secondary N) is 2. The van der Waals surface area contributed by atoms with Crippen LogP contribution in [0.15, 0.2) is 53.6 Å². The lowest BCUT2D eigenvalue weighted by atomic mass is 10.1. The molecule has 0 radical (unpaired) electrons. The normalized spacial score (nSPS) is 12.5. The van der Waals surface area contributed by atoms with Crippen LogP contribution in [0.5, 0.6) is 11.5 Å². The Morgan fingerprint density at radius 2 is 1.83 bits per heavy atom. The van der Waals surface area contributed by atoms with Crippen molar-refractivity contribution in [3.05, 3.63) is 70.9 Å². The van der Waals surface area contributed by atoms with Gasteiger partial charge in [0.25, 0.3) is 5.91 Å². The number of carbonyl (C=O) groups is 2. The van der Waals surface area contributed by atoms with Gasteiger partial charge in [0.05, 0.1) is 19.9 Å². The Hall–Kier alpha value is -3.72. The lowest BCUT2D eigenvalue weighted by Crippen LogP contribution is -2.39. The van der Waals surface area contributed by atoms with Crippen LogP contribution in [0.25, 0.3) is 0 Å². The number of benzene rings is 2. The maximum atomic E-state index is 13.0. The molecule has 1 aliphatic rings. The number of thioether (sulfide) groups is 1. The maximum absolute atomic E-state index is 13.0. The number of aryl methyl sites for hydroxylation is 2. The van der Waals surface area contributed by atoms with Crippen LogP contribution in [-0.2, 0) is 6.54 Å². The van der Waals surface area contributed by atoms with Crippen LogP contribution in [-0.4, -0.2) is 43.4 Å². The summed E-state index contributed by atoms with van der Waals surface area (Å²) >= 11 is 1.66. The molecular weight excluding hydrogens is 464 g/mol. The number of anilines is 2. The molecule has 1 aliphatic heterocycles. The SMILES string of the molecule is COc1ccc(OC)c(CNC(=O)c2ccc(NC(=O)N3CCSc4nc(C)cc(C)c43)cc2)c1. The van der Waals surface area contributed by atoms with Crippen molar-refractivity contribution in [1.29, 1.82) is 0 Å². The van der Waals surface area contributed by atoms with E-state index >= 15 is 0 Å². The molecule has 2 heterocycles. The van der Waals surface area contributed by atoms with Crippen LogP contribution in [0.3, 0.4) is 0 Å². The Morgan fingerprint density at radius 3 is 2.54 bits per heavy atom. The lowest BCUT2D eigenvalue weighted by Gasteiger charge is -2.30. The molecule has 0 atom stereocenters. The predicted octanol–water partition coefficient (Wildman–Crippen LogP) is 4.79. The number of fused-ring (bicyclic) bond motifs is 1. The Kier molecular flexibility index (Phi) is 7.45. The Bertz CT molecular complexity index is 1250. The van der Waals surface area contributed by atoms with Gasteiger partial charge >= 0.3 is 6.03 Å². The molecule has 182 valence electrons. The number of aromatic nitrogens is 1. The summed E-state index contributed by atoms with van der Waals surface area (Å²) in [5.74, 6) is 1.91. The van der Waals surface area contributed by atoms with Crippen LogP contribution in [0.2, 0.25) is 0 Å². The topological polar surface area (TPSA) is 92.8 Å². The number of rotatable bonds is 6. The standard InChI is InChI=1S/C26H28N4O4S/c1-16-13-17(2)28-25-23(16)30(11-12-35-25)26(32)29-20-7-5-18(6-8-20)24(31)27-15-19-14-21(33-3)9-10-22(19)34-4/h5-10,13-14H,11-12,15H2,1-4H3,(H,27,31)(H,29,32). The van der Waals surface area contributed by atoms with Crippen LogP contribution in [0, 0.1) is 13.8 Å². The molecule has 0 spiro atoms. The highest BCUT2D eigenvalue weighted by Gasteiger charge is 2.26. The number of urea groups is 1. The zero-order valence-electron chi connectivity index (χ0n) is 20.2. The van der Waals surface area contributed by atoms with Crippen molar-refractivity contribution in [3.8, 4) is 11.5 Å². The second-order valence-electron chi connectivity index (χ2n) is 8.10. The van der Waals surface area contributed by atoms with Crippen LogP contribution < -0.4 is 25.0 Å². The van der Waals surface area contributed by atoms with Crippen molar-refractivity contribution in [2.45, 2.75) is 25.4 Å². The predicted molar refractivity (Wildman–Crippen MR) is 138 cm³/mol. The van der Waals surface area contributed by atoms with E-state index in [0.29, 0.717) is 29.3 Å². The average molecular weight is 493 g/mol. The highest BCUT2D eigenvalue weighted by molar-refractivity contribution is 7.99. The van der Waals surface area contributed by atoms with Gasteiger partial charge in [-0.25, -0.2) is 9.78 Å². The largest absolute Gasteiger partial charge is 0.497 e. The molecule has 1 aromatic heterocycles. The highest BCUT2D eigenvalue weighted by Crippen LogP contribution is 2.36. The maximum Gasteiger partial charge on any atom is 0.326 e. The molecule has 2 N–H and O–H groups in total. The third-order valence-corrected chi connectivity index (χ3v) is 6.62. The van der Waals surface area contributed by atoms with Gasteiger partial charge in [0, 0.05) is 41.4 Å². The Morgan fingerprint density at radius 1 is 1.06 bits per heavy atom. The zero-order chi connectivity index (χ0) is 24.9. The minimum Gasteiger partial charge on any atom is -0.497 e. The second-order valence-corrected chi connectivity index (χ2v) is 9.19. The summed E-state index contributed by atoms with van der Waals surface area (Å²) in [6.07, 6.45) is 0. The number of pyridine rings is 1. The lowest BCUT2D eigenvalue weighted by molar-refractivity contribution is 0.0950. The molecule has 9 heteroatoms. The van der Waals surface area contributed by atoms with Gasteiger partial charge in [-0.1, -0.05) is 0 Å². The van der Waals surface area contributed by atoms with Gasteiger partial charge in [0.2, 0.25) is 0 Å². The highest BCUT2D eigenvalue weighted by atomic mass is 32.2. The summed E-state index contributed by atoms with van der Waals surface area (Å²) in [5, 5.41) is 6.71. The molecule has 8 nitrogen and oxygen atoms in total. The van der Waals surface area contributed by atoms with E-state index in [4.69, 9.17) is 9.47 Å². The van der Waals surface area contributed by atoms with E-state index in [1.165, 1.54) is 0 Å². The summed E-state index contributed by atoms with van der Waals surface area (Å²) in [6.45, 7) is 4.84. The Balaban J connectivity index is 1.40. The molecular formula is C26H28N4O4S. The zero-order valence-corrected chi connectivity index (χ0v) is 21.0. The molecule has 0 saturated heterocycles. The first-order valence-electron chi connectivity index (χ1n) is 11.2. The summed E-state index contributed by atoms with van der Waals surface area (Å²) in [5.41, 5.74) is 4.72. The van der Waals surface area contributed by atoms with Crippen molar-refractivity contribution < 1.29 is 19.1 Å². The molecule has 35 heavy (non-hydrogen) atoms. The molecule has 3 amide bonds. The fraction of sp³-hybridized carbons (Fsp3) is 0.269. The van der Waals surface area contributed by atoms with Crippen molar-refractivity contribution in [2.24, 2.45) is 0 Å². The summed E-state index contributed by atoms with van der Waals surface area (Å²) in [6, 6.07) is 14.0. The van der Waals surface area contributed by atoms with Gasteiger partial charge in [0.1, 0.15) is 16.5 Å². The molecule has 2 aromatic carbocycles.